The van der Waals surface area contributed by atoms with Crippen LogP contribution in [0.2, 0.25) is 0 Å². The van der Waals surface area contributed by atoms with Gasteiger partial charge in [0.2, 0.25) is 5.91 Å². The fraction of sp³-hybridized carbons (Fsp3) is 0.517. The van der Waals surface area contributed by atoms with Crippen LogP contribution in [0.4, 0.5) is 5.69 Å². The van der Waals surface area contributed by atoms with Crippen LogP contribution in [-0.2, 0) is 16.1 Å². The zero-order valence-electron chi connectivity index (χ0n) is 22.2. The van der Waals surface area contributed by atoms with Gasteiger partial charge >= 0.3 is 5.97 Å². The van der Waals surface area contributed by atoms with Gasteiger partial charge in [0.25, 0.3) is 0 Å². The lowest BCUT2D eigenvalue weighted by atomic mass is 9.98. The highest BCUT2D eigenvalue weighted by Gasteiger charge is 2.32. The van der Waals surface area contributed by atoms with Gasteiger partial charge in [-0.15, -0.1) is 0 Å². The van der Waals surface area contributed by atoms with E-state index in [-0.39, 0.29) is 43.2 Å². The third-order valence-corrected chi connectivity index (χ3v) is 6.35. The minimum atomic E-state index is -1.05. The summed E-state index contributed by atoms with van der Waals surface area (Å²) in [7, 11) is 0. The van der Waals surface area contributed by atoms with Crippen LogP contribution >= 0.6 is 0 Å². The molecule has 1 aliphatic carbocycles. The number of hydrogen-bond donors (Lipinski definition) is 3. The molecular formula is C29H40N2O6. The van der Waals surface area contributed by atoms with Crippen molar-refractivity contribution >= 4 is 17.6 Å². The molecule has 0 spiro atoms. The van der Waals surface area contributed by atoms with Crippen molar-refractivity contribution in [2.24, 2.45) is 5.92 Å². The van der Waals surface area contributed by atoms with E-state index in [1.807, 2.05) is 76.2 Å². The number of carboxylic acids is 1. The number of para-hydroxylation sites is 2. The van der Waals surface area contributed by atoms with E-state index in [1.54, 1.807) is 0 Å². The number of nitrogens with one attached hydrogen (secondary N) is 1. The minimum Gasteiger partial charge on any atom is -0.491 e. The standard InChI is InChI=1S/C29H40N2O6/c1-19(2)36-23-13-9-21(10-14-23)17-31(18-28(33)34)29(35)22-11-15-24(26(32)16-12-22)30-25-7-5-6-8-27(25)37-20(3)4/h5-10,13-14,19-20,22,24,26,30,32H,11-12,15-18H2,1-4H3,(H,33,34)/t22-,24+,26+/m1/s1. The lowest BCUT2D eigenvalue weighted by Crippen LogP contribution is -2.39. The number of rotatable bonds is 11. The van der Waals surface area contributed by atoms with Crippen LogP contribution in [0.15, 0.2) is 48.5 Å². The number of aliphatic hydroxyl groups is 1. The molecule has 1 fully saturated rings. The van der Waals surface area contributed by atoms with Gasteiger partial charge in [-0.05, 0) is 83.2 Å². The Morgan fingerprint density at radius 2 is 1.59 bits per heavy atom. The SMILES string of the molecule is CC(C)Oc1ccc(CN(CC(=O)O)C(=O)[C@@H]2CC[C@H](Nc3ccccc3OC(C)C)[C@@H](O)CC2)cc1. The van der Waals surface area contributed by atoms with Gasteiger partial charge in [0, 0.05) is 12.5 Å². The number of nitrogens with zero attached hydrogens (tertiary/aromatic N) is 1. The van der Waals surface area contributed by atoms with Gasteiger partial charge in [-0.1, -0.05) is 24.3 Å². The third kappa shape index (κ3) is 8.67. The van der Waals surface area contributed by atoms with E-state index in [0.29, 0.717) is 25.7 Å². The first-order chi connectivity index (χ1) is 17.6. The predicted octanol–water partition coefficient (Wildman–Crippen LogP) is 4.71. The van der Waals surface area contributed by atoms with Crippen LogP contribution in [0.25, 0.3) is 0 Å². The van der Waals surface area contributed by atoms with Crippen molar-refractivity contribution in [2.45, 2.75) is 84.3 Å². The molecule has 3 N–H and O–H groups in total. The lowest BCUT2D eigenvalue weighted by molar-refractivity contribution is -0.147. The first kappa shape index (κ1) is 28.3. The molecule has 1 amide bonds. The zero-order valence-corrected chi connectivity index (χ0v) is 22.2. The van der Waals surface area contributed by atoms with Gasteiger partial charge in [-0.3, -0.25) is 9.59 Å². The Morgan fingerprint density at radius 3 is 2.24 bits per heavy atom. The molecule has 2 aromatic carbocycles. The van der Waals surface area contributed by atoms with Gasteiger partial charge < -0.3 is 29.9 Å². The molecule has 1 aliphatic rings. The average molecular weight is 513 g/mol. The summed E-state index contributed by atoms with van der Waals surface area (Å²) in [4.78, 5) is 26.4. The van der Waals surface area contributed by atoms with Gasteiger partial charge in [-0.2, -0.15) is 0 Å². The van der Waals surface area contributed by atoms with Crippen LogP contribution in [-0.4, -0.2) is 57.9 Å². The van der Waals surface area contributed by atoms with Crippen molar-refractivity contribution in [3.8, 4) is 11.5 Å². The second kappa shape index (κ2) is 13.3. The largest absolute Gasteiger partial charge is 0.491 e. The van der Waals surface area contributed by atoms with Crippen LogP contribution in [0.5, 0.6) is 11.5 Å². The van der Waals surface area contributed by atoms with Gasteiger partial charge in [0.1, 0.15) is 18.0 Å². The molecule has 3 rings (SSSR count). The van der Waals surface area contributed by atoms with Crippen molar-refractivity contribution < 1.29 is 29.3 Å². The lowest BCUT2D eigenvalue weighted by Gasteiger charge is -2.26. The fourth-order valence-corrected chi connectivity index (χ4v) is 4.65. The summed E-state index contributed by atoms with van der Waals surface area (Å²) in [5.41, 5.74) is 1.64. The Morgan fingerprint density at radius 1 is 0.946 bits per heavy atom. The van der Waals surface area contributed by atoms with Gasteiger partial charge in [0.15, 0.2) is 0 Å². The van der Waals surface area contributed by atoms with E-state index in [9.17, 15) is 19.8 Å². The van der Waals surface area contributed by atoms with Gasteiger partial charge in [-0.25, -0.2) is 0 Å². The molecule has 0 saturated heterocycles. The first-order valence-corrected chi connectivity index (χ1v) is 13.1. The summed E-state index contributed by atoms with van der Waals surface area (Å²) in [6.45, 7) is 7.65. The molecule has 0 unspecified atom stereocenters. The number of anilines is 1. The van der Waals surface area contributed by atoms with E-state index >= 15 is 0 Å². The molecule has 2 aromatic rings. The Hall–Kier alpha value is -3.26. The molecular weight excluding hydrogens is 472 g/mol. The molecule has 0 bridgehead atoms. The normalized spacial score (nSPS) is 19.8. The number of carbonyl (C=O) groups excluding carboxylic acids is 1. The molecule has 8 nitrogen and oxygen atoms in total. The van der Waals surface area contributed by atoms with E-state index in [4.69, 9.17) is 9.47 Å². The van der Waals surface area contributed by atoms with Crippen molar-refractivity contribution in [3.63, 3.8) is 0 Å². The molecule has 0 aromatic heterocycles. The minimum absolute atomic E-state index is 0.0168. The summed E-state index contributed by atoms with van der Waals surface area (Å²) in [5, 5.41) is 23.7. The van der Waals surface area contributed by atoms with E-state index in [0.717, 1.165) is 22.7 Å². The summed E-state index contributed by atoms with van der Waals surface area (Å²) < 4.78 is 11.6. The summed E-state index contributed by atoms with van der Waals surface area (Å²) in [5.74, 6) is -0.151. The van der Waals surface area contributed by atoms with Crippen molar-refractivity contribution in [3.05, 3.63) is 54.1 Å². The molecule has 0 radical (unpaired) electrons. The Balaban J connectivity index is 1.67. The maximum absolute atomic E-state index is 13.5. The number of ether oxygens (including phenoxy) is 2. The fourth-order valence-electron chi connectivity index (χ4n) is 4.65. The average Bonchev–Trinajstić information content (AvgIpc) is 3.01. The number of amides is 1. The summed E-state index contributed by atoms with van der Waals surface area (Å²) in [6, 6.07) is 14.8. The summed E-state index contributed by atoms with van der Waals surface area (Å²) >= 11 is 0. The highest BCUT2D eigenvalue weighted by molar-refractivity contribution is 5.83. The zero-order chi connectivity index (χ0) is 26.9. The van der Waals surface area contributed by atoms with Crippen molar-refractivity contribution in [2.75, 3.05) is 11.9 Å². The van der Waals surface area contributed by atoms with Crippen molar-refractivity contribution in [1.82, 2.24) is 4.90 Å². The Bertz CT molecular complexity index is 1020. The maximum atomic E-state index is 13.5. The number of carbonyl (C=O) groups is 2. The second-order valence-electron chi connectivity index (χ2n) is 10.2. The molecule has 8 heteroatoms. The van der Waals surface area contributed by atoms with E-state index in [1.165, 1.54) is 4.90 Å². The predicted molar refractivity (Wildman–Crippen MR) is 143 cm³/mol. The number of aliphatic hydroxyl groups excluding tert-OH is 1. The highest BCUT2D eigenvalue weighted by Crippen LogP contribution is 2.31. The Kier molecular flexibility index (Phi) is 10.2. The third-order valence-electron chi connectivity index (χ3n) is 6.35. The maximum Gasteiger partial charge on any atom is 0.323 e. The molecule has 202 valence electrons. The molecule has 3 atom stereocenters. The first-order valence-electron chi connectivity index (χ1n) is 13.1. The second-order valence-corrected chi connectivity index (χ2v) is 10.2. The van der Waals surface area contributed by atoms with E-state index in [2.05, 4.69) is 5.32 Å². The molecule has 1 saturated carbocycles. The summed E-state index contributed by atoms with van der Waals surface area (Å²) in [6.07, 6.45) is 1.52. The van der Waals surface area contributed by atoms with Gasteiger partial charge in [0.05, 0.1) is 30.0 Å². The molecule has 0 heterocycles. The number of carboxylic acid groups (broad SMARTS) is 1. The quantitative estimate of drug-likeness (QED) is 0.374. The monoisotopic (exact) mass is 512 g/mol. The van der Waals surface area contributed by atoms with Crippen LogP contribution < -0.4 is 14.8 Å². The van der Waals surface area contributed by atoms with Crippen LogP contribution in [0, 0.1) is 5.92 Å². The van der Waals surface area contributed by atoms with Crippen molar-refractivity contribution in [1.29, 1.82) is 0 Å². The van der Waals surface area contributed by atoms with Crippen LogP contribution in [0.1, 0.15) is 58.9 Å². The van der Waals surface area contributed by atoms with E-state index < -0.39 is 12.1 Å². The molecule has 0 aliphatic heterocycles. The topological polar surface area (TPSA) is 108 Å². The smallest absolute Gasteiger partial charge is 0.323 e. The van der Waals surface area contributed by atoms with Crippen LogP contribution in [0.3, 0.4) is 0 Å². The number of hydrogen-bond acceptors (Lipinski definition) is 6. The highest BCUT2D eigenvalue weighted by atomic mass is 16.5. The molecule has 37 heavy (non-hydrogen) atoms. The Labute approximate surface area is 219 Å². The number of aliphatic carboxylic acids is 1. The number of benzene rings is 2.